The molecule has 1 amide bonds. The summed E-state index contributed by atoms with van der Waals surface area (Å²) < 4.78 is 0. The van der Waals surface area contributed by atoms with Gasteiger partial charge in [0.05, 0.1) is 0 Å². The van der Waals surface area contributed by atoms with Gasteiger partial charge in [-0.3, -0.25) is 4.79 Å². The Balaban J connectivity index is 1.55. The number of hydrogen-bond donors (Lipinski definition) is 1. The van der Waals surface area contributed by atoms with Gasteiger partial charge in [-0.05, 0) is 37.3 Å². The van der Waals surface area contributed by atoms with E-state index in [1.54, 1.807) is 0 Å². The summed E-state index contributed by atoms with van der Waals surface area (Å²) >= 11 is 0. The molecule has 0 atom stereocenters. The first-order valence-corrected chi connectivity index (χ1v) is 7.75. The van der Waals surface area contributed by atoms with Gasteiger partial charge in [0.15, 0.2) is 0 Å². The molecule has 1 saturated carbocycles. The number of aromatic amines is 1. The standard InChI is InChI=1S/C18H22N2O/c1-2-12-20(15-10-11-15)18(21)9-5-6-14-13-19-17-8-4-3-7-16(14)17/h2-4,7-8,13,15,19H,1,5-6,9-12H2. The Labute approximate surface area is 125 Å². The van der Waals surface area contributed by atoms with Gasteiger partial charge in [-0.2, -0.15) is 0 Å². The third kappa shape index (κ3) is 3.18. The van der Waals surface area contributed by atoms with E-state index in [9.17, 15) is 4.79 Å². The van der Waals surface area contributed by atoms with Crippen molar-refractivity contribution in [1.82, 2.24) is 9.88 Å². The number of para-hydroxylation sites is 1. The summed E-state index contributed by atoms with van der Waals surface area (Å²) in [6.45, 7) is 4.44. The van der Waals surface area contributed by atoms with E-state index in [4.69, 9.17) is 0 Å². The van der Waals surface area contributed by atoms with Crippen molar-refractivity contribution in [3.8, 4) is 0 Å². The molecular formula is C18H22N2O. The molecule has 0 unspecified atom stereocenters. The van der Waals surface area contributed by atoms with Crippen molar-refractivity contribution in [1.29, 1.82) is 0 Å². The molecule has 3 rings (SSSR count). The number of aromatic nitrogens is 1. The molecule has 0 bridgehead atoms. The molecule has 1 heterocycles. The first-order valence-electron chi connectivity index (χ1n) is 7.75. The van der Waals surface area contributed by atoms with Crippen molar-refractivity contribution in [2.75, 3.05) is 6.54 Å². The van der Waals surface area contributed by atoms with Crippen LogP contribution >= 0.6 is 0 Å². The zero-order valence-electron chi connectivity index (χ0n) is 12.3. The highest BCUT2D eigenvalue weighted by atomic mass is 16.2. The Morgan fingerprint density at radius 2 is 2.19 bits per heavy atom. The van der Waals surface area contributed by atoms with Crippen LogP contribution in [0, 0.1) is 0 Å². The number of carbonyl (C=O) groups excluding carboxylic acids is 1. The highest BCUT2D eigenvalue weighted by Crippen LogP contribution is 2.27. The first kappa shape index (κ1) is 13.9. The molecule has 110 valence electrons. The lowest BCUT2D eigenvalue weighted by atomic mass is 10.1. The number of nitrogens with zero attached hydrogens (tertiary/aromatic N) is 1. The highest BCUT2D eigenvalue weighted by molar-refractivity contribution is 5.83. The first-order chi connectivity index (χ1) is 10.3. The molecule has 3 heteroatoms. The maximum Gasteiger partial charge on any atom is 0.223 e. The number of aryl methyl sites for hydroxylation is 1. The van der Waals surface area contributed by atoms with Gasteiger partial charge in [0.1, 0.15) is 0 Å². The molecule has 21 heavy (non-hydrogen) atoms. The van der Waals surface area contributed by atoms with Gasteiger partial charge in [-0.25, -0.2) is 0 Å². The minimum atomic E-state index is 0.275. The molecule has 3 nitrogen and oxygen atoms in total. The number of amides is 1. The summed E-state index contributed by atoms with van der Waals surface area (Å²) in [6, 6.07) is 8.79. The number of H-pyrrole nitrogens is 1. The number of nitrogens with one attached hydrogen (secondary N) is 1. The van der Waals surface area contributed by atoms with E-state index in [2.05, 4.69) is 36.0 Å². The van der Waals surface area contributed by atoms with E-state index in [1.807, 2.05) is 17.0 Å². The number of benzene rings is 1. The maximum absolute atomic E-state index is 12.3. The maximum atomic E-state index is 12.3. The van der Waals surface area contributed by atoms with Crippen LogP contribution in [0.15, 0.2) is 43.1 Å². The molecular weight excluding hydrogens is 260 g/mol. The molecule has 0 aliphatic heterocycles. The van der Waals surface area contributed by atoms with Crippen molar-refractivity contribution >= 4 is 16.8 Å². The van der Waals surface area contributed by atoms with Gasteiger partial charge in [0, 0.05) is 36.1 Å². The molecule has 0 spiro atoms. The molecule has 1 aromatic heterocycles. The lowest BCUT2D eigenvalue weighted by Gasteiger charge is -2.20. The van der Waals surface area contributed by atoms with Crippen molar-refractivity contribution in [2.24, 2.45) is 0 Å². The Hall–Kier alpha value is -2.03. The normalized spacial score (nSPS) is 14.3. The Morgan fingerprint density at radius 3 is 2.95 bits per heavy atom. The van der Waals surface area contributed by atoms with Gasteiger partial charge < -0.3 is 9.88 Å². The molecule has 1 aliphatic carbocycles. The zero-order chi connectivity index (χ0) is 14.7. The predicted octanol–water partition coefficient (Wildman–Crippen LogP) is 3.67. The number of hydrogen-bond acceptors (Lipinski definition) is 1. The van der Waals surface area contributed by atoms with Crippen LogP contribution in [0.3, 0.4) is 0 Å². The van der Waals surface area contributed by atoms with Crippen LogP contribution in [-0.2, 0) is 11.2 Å². The van der Waals surface area contributed by atoms with Gasteiger partial charge in [-0.15, -0.1) is 6.58 Å². The second-order valence-corrected chi connectivity index (χ2v) is 5.78. The number of carbonyl (C=O) groups is 1. The van der Waals surface area contributed by atoms with Crippen molar-refractivity contribution in [3.63, 3.8) is 0 Å². The van der Waals surface area contributed by atoms with Crippen LogP contribution in [0.4, 0.5) is 0 Å². The quantitative estimate of drug-likeness (QED) is 0.773. The fourth-order valence-corrected chi connectivity index (χ4v) is 2.89. The average molecular weight is 282 g/mol. The van der Waals surface area contributed by atoms with Crippen molar-refractivity contribution in [3.05, 3.63) is 48.7 Å². The third-order valence-electron chi connectivity index (χ3n) is 4.15. The Kier molecular flexibility index (Phi) is 4.09. The second-order valence-electron chi connectivity index (χ2n) is 5.78. The van der Waals surface area contributed by atoms with Crippen LogP contribution in [0.25, 0.3) is 10.9 Å². The van der Waals surface area contributed by atoms with Crippen LogP contribution in [0.5, 0.6) is 0 Å². The van der Waals surface area contributed by atoms with Gasteiger partial charge in [0.25, 0.3) is 0 Å². The second kappa shape index (κ2) is 6.17. The molecule has 2 aromatic rings. The smallest absolute Gasteiger partial charge is 0.223 e. The van der Waals surface area contributed by atoms with Gasteiger partial charge in [-0.1, -0.05) is 24.3 Å². The van der Waals surface area contributed by atoms with E-state index in [0.717, 1.165) is 25.7 Å². The van der Waals surface area contributed by atoms with E-state index in [0.29, 0.717) is 19.0 Å². The van der Waals surface area contributed by atoms with Crippen molar-refractivity contribution in [2.45, 2.75) is 38.1 Å². The van der Waals surface area contributed by atoms with Gasteiger partial charge in [0.2, 0.25) is 5.91 Å². The lowest BCUT2D eigenvalue weighted by molar-refractivity contribution is -0.131. The summed E-state index contributed by atoms with van der Waals surface area (Å²) in [6.07, 6.45) is 8.69. The van der Waals surface area contributed by atoms with Crippen LogP contribution in [0.2, 0.25) is 0 Å². The van der Waals surface area contributed by atoms with Crippen molar-refractivity contribution < 1.29 is 4.79 Å². The summed E-state index contributed by atoms with van der Waals surface area (Å²) in [4.78, 5) is 17.6. The SMILES string of the molecule is C=CCN(C(=O)CCCc1c[nH]c2ccccc12)C1CC1. The van der Waals surface area contributed by atoms with Gasteiger partial charge >= 0.3 is 0 Å². The Morgan fingerprint density at radius 1 is 1.38 bits per heavy atom. The van der Waals surface area contributed by atoms with E-state index >= 15 is 0 Å². The number of fused-ring (bicyclic) bond motifs is 1. The number of rotatable bonds is 7. The summed E-state index contributed by atoms with van der Waals surface area (Å²) in [7, 11) is 0. The Bertz CT molecular complexity index is 639. The summed E-state index contributed by atoms with van der Waals surface area (Å²) in [5.41, 5.74) is 2.48. The lowest BCUT2D eigenvalue weighted by Crippen LogP contribution is -2.33. The predicted molar refractivity (Wildman–Crippen MR) is 86.2 cm³/mol. The largest absolute Gasteiger partial charge is 0.361 e. The topological polar surface area (TPSA) is 36.1 Å². The molecule has 1 aliphatic rings. The van der Waals surface area contributed by atoms with Crippen LogP contribution < -0.4 is 0 Å². The highest BCUT2D eigenvalue weighted by Gasteiger charge is 2.31. The summed E-state index contributed by atoms with van der Waals surface area (Å²) in [5.74, 6) is 0.275. The molecule has 1 aromatic carbocycles. The minimum Gasteiger partial charge on any atom is -0.361 e. The van der Waals surface area contributed by atoms with E-state index in [-0.39, 0.29) is 5.91 Å². The fourth-order valence-electron chi connectivity index (χ4n) is 2.89. The monoisotopic (exact) mass is 282 g/mol. The van der Waals surface area contributed by atoms with E-state index in [1.165, 1.54) is 16.5 Å². The molecule has 1 N–H and O–H groups in total. The molecule has 0 radical (unpaired) electrons. The van der Waals surface area contributed by atoms with Crippen LogP contribution in [0.1, 0.15) is 31.2 Å². The minimum absolute atomic E-state index is 0.275. The van der Waals surface area contributed by atoms with Crippen LogP contribution in [-0.4, -0.2) is 28.4 Å². The fraction of sp³-hybridized carbons (Fsp3) is 0.389. The zero-order valence-corrected chi connectivity index (χ0v) is 12.3. The average Bonchev–Trinajstić information content (AvgIpc) is 3.26. The molecule has 0 saturated heterocycles. The van der Waals surface area contributed by atoms with E-state index < -0.39 is 0 Å². The molecule has 1 fully saturated rings. The summed E-state index contributed by atoms with van der Waals surface area (Å²) in [5, 5.41) is 1.27. The third-order valence-corrected chi connectivity index (χ3v) is 4.15.